The van der Waals surface area contributed by atoms with Crippen molar-refractivity contribution >= 4 is 5.91 Å². The normalized spacial score (nSPS) is 25.3. The molecule has 0 bridgehead atoms. The third-order valence-electron chi connectivity index (χ3n) is 5.12. The van der Waals surface area contributed by atoms with Gasteiger partial charge in [-0.3, -0.25) is 9.69 Å². The Morgan fingerprint density at radius 1 is 1.25 bits per heavy atom. The number of rotatable bonds is 6. The molecule has 7 heteroatoms. The minimum Gasteiger partial charge on any atom is -0.391 e. The molecule has 1 saturated heterocycles. The lowest BCUT2D eigenvalue weighted by Gasteiger charge is -2.39. The van der Waals surface area contributed by atoms with Crippen LogP contribution in [0.15, 0.2) is 4.52 Å². The molecule has 1 aromatic rings. The molecule has 0 unspecified atom stereocenters. The van der Waals surface area contributed by atoms with Crippen LogP contribution in [0.1, 0.15) is 50.7 Å². The van der Waals surface area contributed by atoms with E-state index in [-0.39, 0.29) is 18.1 Å². The standard InChI is InChI=1S/C17H28N4O3/c1-2-4-15-18-16(24-19-15)7-8-17(23)21-11-9-20(10-12-21)13-5-3-6-14(13)22/h13-14,22H,2-12H2,1H3/t13-,14-/m0/s1. The van der Waals surface area contributed by atoms with E-state index in [0.717, 1.165) is 64.1 Å². The number of hydrogen-bond donors (Lipinski definition) is 1. The van der Waals surface area contributed by atoms with Gasteiger partial charge in [0.2, 0.25) is 11.8 Å². The molecule has 7 nitrogen and oxygen atoms in total. The fraction of sp³-hybridized carbons (Fsp3) is 0.824. The zero-order chi connectivity index (χ0) is 16.9. The van der Waals surface area contributed by atoms with Crippen molar-refractivity contribution in [1.82, 2.24) is 19.9 Å². The minimum absolute atomic E-state index is 0.150. The van der Waals surface area contributed by atoms with Gasteiger partial charge in [-0.05, 0) is 25.7 Å². The number of aliphatic hydroxyl groups is 1. The van der Waals surface area contributed by atoms with E-state index in [2.05, 4.69) is 22.0 Å². The molecule has 1 amide bonds. The summed E-state index contributed by atoms with van der Waals surface area (Å²) in [6, 6.07) is 0.289. The number of nitrogens with zero attached hydrogens (tertiary/aromatic N) is 4. The predicted molar refractivity (Wildman–Crippen MR) is 88.4 cm³/mol. The highest BCUT2D eigenvalue weighted by atomic mass is 16.5. The molecule has 0 aromatic carbocycles. The molecule has 2 atom stereocenters. The summed E-state index contributed by atoms with van der Waals surface area (Å²) in [5.74, 6) is 1.43. The highest BCUT2D eigenvalue weighted by Gasteiger charge is 2.33. The van der Waals surface area contributed by atoms with Crippen molar-refractivity contribution < 1.29 is 14.4 Å². The van der Waals surface area contributed by atoms with E-state index in [0.29, 0.717) is 18.7 Å². The smallest absolute Gasteiger partial charge is 0.227 e. The molecule has 1 saturated carbocycles. The number of piperazine rings is 1. The maximum absolute atomic E-state index is 12.4. The number of carbonyl (C=O) groups is 1. The third kappa shape index (κ3) is 4.13. The Morgan fingerprint density at radius 2 is 2.04 bits per heavy atom. The summed E-state index contributed by atoms with van der Waals surface area (Å²) >= 11 is 0. The van der Waals surface area contributed by atoms with Crippen LogP contribution in [-0.4, -0.2) is 69.3 Å². The molecule has 1 aliphatic heterocycles. The Kier molecular flexibility index (Phi) is 5.84. The van der Waals surface area contributed by atoms with Gasteiger partial charge in [-0.25, -0.2) is 0 Å². The Balaban J connectivity index is 1.41. The van der Waals surface area contributed by atoms with Gasteiger partial charge in [0.15, 0.2) is 5.82 Å². The van der Waals surface area contributed by atoms with Gasteiger partial charge in [0.05, 0.1) is 6.10 Å². The summed E-state index contributed by atoms with van der Waals surface area (Å²) in [5.41, 5.74) is 0. The lowest BCUT2D eigenvalue weighted by Crippen LogP contribution is -2.53. The number of aromatic nitrogens is 2. The monoisotopic (exact) mass is 336 g/mol. The van der Waals surface area contributed by atoms with Gasteiger partial charge >= 0.3 is 0 Å². The SMILES string of the molecule is CCCc1noc(CCC(=O)N2CCN([C@H]3CCC[C@@H]3O)CC2)n1. The van der Waals surface area contributed by atoms with Crippen molar-refractivity contribution in [3.8, 4) is 0 Å². The van der Waals surface area contributed by atoms with Crippen LogP contribution in [0, 0.1) is 0 Å². The average Bonchev–Trinajstić information content (AvgIpc) is 3.22. The maximum atomic E-state index is 12.4. The molecule has 0 spiro atoms. The van der Waals surface area contributed by atoms with Crippen molar-refractivity contribution in [2.75, 3.05) is 26.2 Å². The van der Waals surface area contributed by atoms with Gasteiger partial charge in [0.1, 0.15) is 0 Å². The van der Waals surface area contributed by atoms with Crippen LogP contribution >= 0.6 is 0 Å². The fourth-order valence-electron chi connectivity index (χ4n) is 3.74. The Hall–Kier alpha value is -1.47. The molecule has 2 aliphatic rings. The van der Waals surface area contributed by atoms with Gasteiger partial charge in [-0.2, -0.15) is 4.98 Å². The van der Waals surface area contributed by atoms with Crippen LogP contribution < -0.4 is 0 Å². The van der Waals surface area contributed by atoms with Gasteiger partial charge in [0.25, 0.3) is 0 Å². The first-order chi connectivity index (χ1) is 11.7. The summed E-state index contributed by atoms with van der Waals surface area (Å²) in [6.07, 6.45) is 5.62. The number of carbonyl (C=O) groups excluding carboxylic acids is 1. The van der Waals surface area contributed by atoms with E-state index < -0.39 is 0 Å². The van der Waals surface area contributed by atoms with E-state index >= 15 is 0 Å². The van der Waals surface area contributed by atoms with Crippen LogP contribution in [0.3, 0.4) is 0 Å². The molecular formula is C17H28N4O3. The fourth-order valence-corrected chi connectivity index (χ4v) is 3.74. The largest absolute Gasteiger partial charge is 0.391 e. The van der Waals surface area contributed by atoms with Gasteiger partial charge < -0.3 is 14.5 Å². The van der Waals surface area contributed by atoms with Crippen molar-refractivity contribution in [1.29, 1.82) is 0 Å². The minimum atomic E-state index is -0.193. The molecule has 1 aliphatic carbocycles. The Labute approximate surface area is 143 Å². The molecule has 3 rings (SSSR count). The summed E-state index contributed by atoms with van der Waals surface area (Å²) in [6.45, 7) is 5.27. The van der Waals surface area contributed by atoms with Crippen LogP contribution in [-0.2, 0) is 17.6 Å². The van der Waals surface area contributed by atoms with E-state index in [1.807, 2.05) is 4.90 Å². The molecule has 2 heterocycles. The van der Waals surface area contributed by atoms with E-state index in [9.17, 15) is 9.90 Å². The summed E-state index contributed by atoms with van der Waals surface area (Å²) in [5, 5.41) is 13.9. The molecule has 134 valence electrons. The van der Waals surface area contributed by atoms with Crippen LogP contribution in [0.2, 0.25) is 0 Å². The van der Waals surface area contributed by atoms with Crippen molar-refractivity contribution in [2.45, 2.75) is 64.0 Å². The molecule has 24 heavy (non-hydrogen) atoms. The number of aryl methyl sites for hydroxylation is 2. The van der Waals surface area contributed by atoms with Crippen LogP contribution in [0.25, 0.3) is 0 Å². The number of amides is 1. The van der Waals surface area contributed by atoms with Crippen molar-refractivity contribution in [2.24, 2.45) is 0 Å². The maximum Gasteiger partial charge on any atom is 0.227 e. The predicted octanol–water partition coefficient (Wildman–Crippen LogP) is 1.01. The molecular weight excluding hydrogens is 308 g/mol. The quantitative estimate of drug-likeness (QED) is 0.835. The second-order valence-corrected chi connectivity index (χ2v) is 6.84. The van der Waals surface area contributed by atoms with Gasteiger partial charge in [0, 0.05) is 51.5 Å². The average molecular weight is 336 g/mol. The Morgan fingerprint density at radius 3 is 2.71 bits per heavy atom. The van der Waals surface area contributed by atoms with E-state index in [1.54, 1.807) is 0 Å². The summed E-state index contributed by atoms with van der Waals surface area (Å²) in [7, 11) is 0. The zero-order valence-electron chi connectivity index (χ0n) is 14.5. The molecule has 2 fully saturated rings. The highest BCUT2D eigenvalue weighted by Crippen LogP contribution is 2.25. The molecule has 1 N–H and O–H groups in total. The second kappa shape index (κ2) is 8.07. The number of aliphatic hydroxyl groups excluding tert-OH is 1. The first kappa shape index (κ1) is 17.4. The van der Waals surface area contributed by atoms with E-state index in [1.165, 1.54) is 0 Å². The lowest BCUT2D eigenvalue weighted by atomic mass is 10.1. The van der Waals surface area contributed by atoms with E-state index in [4.69, 9.17) is 4.52 Å². The molecule has 0 radical (unpaired) electrons. The molecule has 1 aromatic heterocycles. The van der Waals surface area contributed by atoms with Crippen LogP contribution in [0.5, 0.6) is 0 Å². The van der Waals surface area contributed by atoms with Gasteiger partial charge in [-0.1, -0.05) is 12.1 Å². The van der Waals surface area contributed by atoms with Crippen LogP contribution in [0.4, 0.5) is 0 Å². The summed E-state index contributed by atoms with van der Waals surface area (Å²) in [4.78, 5) is 20.9. The second-order valence-electron chi connectivity index (χ2n) is 6.84. The van der Waals surface area contributed by atoms with Crippen molar-refractivity contribution in [3.63, 3.8) is 0 Å². The Bertz CT molecular complexity index is 540. The lowest BCUT2D eigenvalue weighted by molar-refractivity contribution is -0.133. The third-order valence-corrected chi connectivity index (χ3v) is 5.12. The topological polar surface area (TPSA) is 82.7 Å². The zero-order valence-corrected chi connectivity index (χ0v) is 14.5. The van der Waals surface area contributed by atoms with Gasteiger partial charge in [-0.15, -0.1) is 0 Å². The summed E-state index contributed by atoms with van der Waals surface area (Å²) < 4.78 is 5.18. The highest BCUT2D eigenvalue weighted by molar-refractivity contribution is 5.76. The first-order valence-electron chi connectivity index (χ1n) is 9.18. The first-order valence-corrected chi connectivity index (χ1v) is 9.18. The number of hydrogen-bond acceptors (Lipinski definition) is 6. The van der Waals surface area contributed by atoms with Crippen molar-refractivity contribution in [3.05, 3.63) is 11.7 Å².